The maximum atomic E-state index is 12.0. The first-order valence-corrected chi connectivity index (χ1v) is 5.63. The van der Waals surface area contributed by atoms with Gasteiger partial charge in [0.15, 0.2) is 0 Å². The van der Waals surface area contributed by atoms with Crippen molar-refractivity contribution in [2.75, 3.05) is 13.1 Å². The standard InChI is InChI=1S/C11H17N3O2.ClH/c1-7-10(8(2)16-14-7)11(15)13-9-4-3-5-12-6-9;/h9,12H,3-6H2,1-2H3,(H,13,15);1H. The number of nitrogens with zero attached hydrogens (tertiary/aromatic N) is 1. The van der Waals surface area contributed by atoms with Crippen molar-refractivity contribution in [2.45, 2.75) is 32.7 Å². The van der Waals surface area contributed by atoms with Crippen molar-refractivity contribution in [1.29, 1.82) is 0 Å². The second-order valence-electron chi connectivity index (χ2n) is 4.22. The number of piperidine rings is 1. The molecule has 1 unspecified atom stereocenters. The molecule has 2 rings (SSSR count). The predicted octanol–water partition coefficient (Wildman–Crippen LogP) is 1.20. The highest BCUT2D eigenvalue weighted by molar-refractivity contribution is 5.96. The van der Waals surface area contributed by atoms with Crippen molar-refractivity contribution in [3.8, 4) is 0 Å². The number of hydrogen-bond donors (Lipinski definition) is 2. The SMILES string of the molecule is Cc1noc(C)c1C(=O)NC1CCCNC1.Cl. The number of nitrogens with one attached hydrogen (secondary N) is 2. The van der Waals surface area contributed by atoms with Gasteiger partial charge >= 0.3 is 0 Å². The average molecular weight is 260 g/mol. The molecule has 1 aromatic heterocycles. The fourth-order valence-electron chi connectivity index (χ4n) is 2.04. The molecule has 1 aromatic rings. The van der Waals surface area contributed by atoms with Crippen LogP contribution in [0.1, 0.15) is 34.7 Å². The maximum Gasteiger partial charge on any atom is 0.257 e. The average Bonchev–Trinajstić information content (AvgIpc) is 2.60. The number of halogens is 1. The summed E-state index contributed by atoms with van der Waals surface area (Å²) in [4.78, 5) is 12.0. The van der Waals surface area contributed by atoms with Crippen molar-refractivity contribution in [3.63, 3.8) is 0 Å². The van der Waals surface area contributed by atoms with Crippen LogP contribution in [0, 0.1) is 13.8 Å². The molecule has 1 atom stereocenters. The monoisotopic (exact) mass is 259 g/mol. The van der Waals surface area contributed by atoms with E-state index in [1.165, 1.54) is 0 Å². The molecule has 96 valence electrons. The van der Waals surface area contributed by atoms with Crippen molar-refractivity contribution < 1.29 is 9.32 Å². The van der Waals surface area contributed by atoms with Crippen molar-refractivity contribution in [2.24, 2.45) is 0 Å². The lowest BCUT2D eigenvalue weighted by molar-refractivity contribution is 0.0928. The minimum absolute atomic E-state index is 0. The highest BCUT2D eigenvalue weighted by Gasteiger charge is 2.21. The van der Waals surface area contributed by atoms with Gasteiger partial charge in [-0.15, -0.1) is 12.4 Å². The lowest BCUT2D eigenvalue weighted by Crippen LogP contribution is -2.45. The van der Waals surface area contributed by atoms with Crippen molar-refractivity contribution >= 4 is 18.3 Å². The molecular weight excluding hydrogens is 242 g/mol. The van der Waals surface area contributed by atoms with Gasteiger partial charge in [-0.25, -0.2) is 0 Å². The van der Waals surface area contributed by atoms with Crippen LogP contribution in [-0.4, -0.2) is 30.2 Å². The largest absolute Gasteiger partial charge is 0.361 e. The second-order valence-corrected chi connectivity index (χ2v) is 4.22. The number of aromatic nitrogens is 1. The summed E-state index contributed by atoms with van der Waals surface area (Å²) in [7, 11) is 0. The van der Waals surface area contributed by atoms with E-state index in [0.29, 0.717) is 17.0 Å². The van der Waals surface area contributed by atoms with Gasteiger partial charge in [0.25, 0.3) is 5.91 Å². The normalized spacial score (nSPS) is 19.5. The maximum absolute atomic E-state index is 12.0. The predicted molar refractivity (Wildman–Crippen MR) is 66.6 cm³/mol. The van der Waals surface area contributed by atoms with Crippen LogP contribution in [-0.2, 0) is 0 Å². The summed E-state index contributed by atoms with van der Waals surface area (Å²) in [6, 6.07) is 0.218. The quantitative estimate of drug-likeness (QED) is 0.837. The minimum atomic E-state index is -0.0787. The topological polar surface area (TPSA) is 67.2 Å². The number of rotatable bonds is 2. The van der Waals surface area contributed by atoms with Crippen molar-refractivity contribution in [3.05, 3.63) is 17.0 Å². The van der Waals surface area contributed by atoms with E-state index in [1.807, 2.05) is 0 Å². The molecule has 1 aliphatic rings. The first-order valence-electron chi connectivity index (χ1n) is 5.63. The van der Waals surface area contributed by atoms with Gasteiger partial charge in [0.2, 0.25) is 0 Å². The van der Waals surface area contributed by atoms with Crippen LogP contribution in [0.5, 0.6) is 0 Å². The third kappa shape index (κ3) is 3.20. The molecule has 0 saturated carbocycles. The number of carbonyl (C=O) groups excluding carboxylic acids is 1. The van der Waals surface area contributed by atoms with E-state index in [4.69, 9.17) is 4.52 Å². The zero-order valence-corrected chi connectivity index (χ0v) is 10.9. The fourth-order valence-corrected chi connectivity index (χ4v) is 2.04. The van der Waals surface area contributed by atoms with E-state index in [2.05, 4.69) is 15.8 Å². The van der Waals surface area contributed by atoms with Crippen LogP contribution >= 0.6 is 12.4 Å². The van der Waals surface area contributed by atoms with Gasteiger partial charge in [0.05, 0.1) is 5.69 Å². The van der Waals surface area contributed by atoms with Gasteiger partial charge in [0.1, 0.15) is 11.3 Å². The summed E-state index contributed by atoms with van der Waals surface area (Å²) in [5.74, 6) is 0.503. The second kappa shape index (κ2) is 6.02. The summed E-state index contributed by atoms with van der Waals surface area (Å²) >= 11 is 0. The first-order chi connectivity index (χ1) is 7.68. The molecule has 0 radical (unpaired) electrons. The van der Waals surface area contributed by atoms with E-state index < -0.39 is 0 Å². The summed E-state index contributed by atoms with van der Waals surface area (Å²) in [6.45, 7) is 5.42. The molecule has 1 aliphatic heterocycles. The smallest absolute Gasteiger partial charge is 0.257 e. The van der Waals surface area contributed by atoms with Gasteiger partial charge in [-0.05, 0) is 33.2 Å². The minimum Gasteiger partial charge on any atom is -0.361 e. The highest BCUT2D eigenvalue weighted by Crippen LogP contribution is 2.12. The summed E-state index contributed by atoms with van der Waals surface area (Å²) < 4.78 is 4.98. The number of amides is 1. The van der Waals surface area contributed by atoms with E-state index >= 15 is 0 Å². The number of carbonyl (C=O) groups is 1. The van der Waals surface area contributed by atoms with E-state index in [9.17, 15) is 4.79 Å². The molecule has 17 heavy (non-hydrogen) atoms. The van der Waals surface area contributed by atoms with Crippen LogP contribution in [0.2, 0.25) is 0 Å². The van der Waals surface area contributed by atoms with Crippen LogP contribution in [0.15, 0.2) is 4.52 Å². The van der Waals surface area contributed by atoms with Crippen LogP contribution in [0.4, 0.5) is 0 Å². The zero-order valence-electron chi connectivity index (χ0n) is 10.1. The number of hydrogen-bond acceptors (Lipinski definition) is 4. The van der Waals surface area contributed by atoms with Crippen LogP contribution in [0.25, 0.3) is 0 Å². The number of aryl methyl sites for hydroxylation is 2. The van der Waals surface area contributed by atoms with E-state index in [1.54, 1.807) is 13.8 Å². The van der Waals surface area contributed by atoms with Gasteiger partial charge in [-0.2, -0.15) is 0 Å². The molecule has 2 N–H and O–H groups in total. The Kier molecular flexibility index (Phi) is 4.96. The van der Waals surface area contributed by atoms with Gasteiger partial charge in [-0.1, -0.05) is 5.16 Å². The lowest BCUT2D eigenvalue weighted by Gasteiger charge is -2.23. The van der Waals surface area contributed by atoms with E-state index in [0.717, 1.165) is 25.9 Å². The Morgan fingerprint density at radius 3 is 2.82 bits per heavy atom. The third-order valence-electron chi connectivity index (χ3n) is 2.89. The Morgan fingerprint density at radius 2 is 2.29 bits per heavy atom. The molecule has 5 nitrogen and oxygen atoms in total. The summed E-state index contributed by atoms with van der Waals surface area (Å²) in [5, 5.41) is 10.0. The molecule has 0 spiro atoms. The molecule has 6 heteroatoms. The zero-order chi connectivity index (χ0) is 11.5. The molecule has 1 saturated heterocycles. The highest BCUT2D eigenvalue weighted by atomic mass is 35.5. The van der Waals surface area contributed by atoms with Gasteiger partial charge < -0.3 is 15.2 Å². The van der Waals surface area contributed by atoms with Crippen LogP contribution in [0.3, 0.4) is 0 Å². The molecule has 2 heterocycles. The Hall–Kier alpha value is -1.07. The Bertz CT molecular complexity index is 367. The third-order valence-corrected chi connectivity index (χ3v) is 2.89. The summed E-state index contributed by atoms with van der Waals surface area (Å²) in [5.41, 5.74) is 1.23. The van der Waals surface area contributed by atoms with E-state index in [-0.39, 0.29) is 24.4 Å². The first kappa shape index (κ1) is 14.0. The Balaban J connectivity index is 0.00000144. The molecular formula is C11H18ClN3O2. The fraction of sp³-hybridized carbons (Fsp3) is 0.636. The molecule has 0 bridgehead atoms. The van der Waals surface area contributed by atoms with Crippen LogP contribution < -0.4 is 10.6 Å². The molecule has 0 aliphatic carbocycles. The lowest BCUT2D eigenvalue weighted by atomic mass is 10.1. The molecule has 0 aromatic carbocycles. The Morgan fingerprint density at radius 1 is 1.53 bits per heavy atom. The van der Waals surface area contributed by atoms with Crippen molar-refractivity contribution in [1.82, 2.24) is 15.8 Å². The van der Waals surface area contributed by atoms with Gasteiger partial charge in [0, 0.05) is 12.6 Å². The summed E-state index contributed by atoms with van der Waals surface area (Å²) in [6.07, 6.45) is 2.13. The van der Waals surface area contributed by atoms with Gasteiger partial charge in [-0.3, -0.25) is 4.79 Å². The Labute approximate surface area is 107 Å². The molecule has 1 amide bonds. The molecule has 1 fully saturated rings.